The maximum atomic E-state index is 10.3. The lowest BCUT2D eigenvalue weighted by molar-refractivity contribution is 0.306. The van der Waals surface area contributed by atoms with Crippen molar-refractivity contribution in [3.05, 3.63) is 89.0 Å². The van der Waals surface area contributed by atoms with Gasteiger partial charge in [-0.3, -0.25) is 0 Å². The number of halogens is 1. The second-order valence-electron chi connectivity index (χ2n) is 5.08. The van der Waals surface area contributed by atoms with Gasteiger partial charge in [0.25, 0.3) is 0 Å². The van der Waals surface area contributed by atoms with Crippen molar-refractivity contribution < 1.29 is 9.84 Å². The molecule has 1 aromatic heterocycles. The molecule has 5 heteroatoms. The molecule has 0 aliphatic rings. The quantitative estimate of drug-likeness (QED) is 0.538. The maximum Gasteiger partial charge on any atom is 0.222 e. The van der Waals surface area contributed by atoms with E-state index in [1.165, 1.54) is 12.3 Å². The van der Waals surface area contributed by atoms with E-state index in [0.717, 1.165) is 5.56 Å². The van der Waals surface area contributed by atoms with Gasteiger partial charge in [-0.15, -0.1) is 0 Å². The zero-order valence-electron chi connectivity index (χ0n) is 12.8. The molecule has 0 unspecified atom stereocenters. The summed E-state index contributed by atoms with van der Waals surface area (Å²) in [5.74, 6) is 0.756. The summed E-state index contributed by atoms with van der Waals surface area (Å²) in [7, 11) is 0. The summed E-state index contributed by atoms with van der Waals surface area (Å²) < 4.78 is 5.77. The summed E-state index contributed by atoms with van der Waals surface area (Å²) in [6.07, 6.45) is 3.07. The van der Waals surface area contributed by atoms with Crippen molar-refractivity contribution in [2.24, 2.45) is 0 Å². The fourth-order valence-electron chi connectivity index (χ4n) is 2.14. The largest absolute Gasteiger partial charge is 0.507 e. The molecule has 3 aromatic rings. The van der Waals surface area contributed by atoms with Crippen LogP contribution in [0.15, 0.2) is 66.9 Å². The average molecular weight is 339 g/mol. The van der Waals surface area contributed by atoms with Gasteiger partial charge in [0.1, 0.15) is 18.1 Å². The summed E-state index contributed by atoms with van der Waals surface area (Å²) in [5.41, 5.74) is 2.25. The topological polar surface area (TPSA) is 55.2 Å². The zero-order chi connectivity index (χ0) is 16.8. The highest BCUT2D eigenvalue weighted by Gasteiger charge is 2.03. The van der Waals surface area contributed by atoms with Crippen molar-refractivity contribution in [1.29, 1.82) is 0 Å². The third-order valence-electron chi connectivity index (χ3n) is 3.31. The van der Waals surface area contributed by atoms with E-state index in [2.05, 4.69) is 9.97 Å². The Hall–Kier alpha value is -2.85. The standard InChI is InChI=1S/C19H15ClN2O2/c20-19-21-10-9-16(22-19)12-18(23)15-7-4-8-17(11-15)24-13-14-5-2-1-3-6-14/h1-12,23H,13H2. The second-order valence-corrected chi connectivity index (χ2v) is 5.42. The van der Waals surface area contributed by atoms with Crippen molar-refractivity contribution in [3.8, 4) is 5.75 Å². The molecule has 0 aliphatic heterocycles. The molecule has 0 aliphatic carbocycles. The van der Waals surface area contributed by atoms with E-state index < -0.39 is 0 Å². The van der Waals surface area contributed by atoms with E-state index in [-0.39, 0.29) is 11.0 Å². The van der Waals surface area contributed by atoms with Crippen LogP contribution in [0.3, 0.4) is 0 Å². The number of aliphatic hydroxyl groups excluding tert-OH is 1. The monoisotopic (exact) mass is 338 g/mol. The zero-order valence-corrected chi connectivity index (χ0v) is 13.5. The van der Waals surface area contributed by atoms with Crippen LogP contribution in [-0.2, 0) is 6.61 Å². The van der Waals surface area contributed by atoms with Crippen LogP contribution in [0.5, 0.6) is 5.75 Å². The fraction of sp³-hybridized carbons (Fsp3) is 0.0526. The summed E-state index contributed by atoms with van der Waals surface area (Å²) >= 11 is 5.75. The highest BCUT2D eigenvalue weighted by Crippen LogP contribution is 2.21. The molecular formula is C19H15ClN2O2. The lowest BCUT2D eigenvalue weighted by Crippen LogP contribution is -1.95. The minimum atomic E-state index is 0.0786. The van der Waals surface area contributed by atoms with E-state index in [1.54, 1.807) is 18.2 Å². The fourth-order valence-corrected chi connectivity index (χ4v) is 2.29. The van der Waals surface area contributed by atoms with Gasteiger partial charge < -0.3 is 9.84 Å². The number of aromatic nitrogens is 2. The molecule has 0 amide bonds. The minimum Gasteiger partial charge on any atom is -0.507 e. The van der Waals surface area contributed by atoms with Crippen molar-refractivity contribution in [1.82, 2.24) is 9.97 Å². The second kappa shape index (κ2) is 7.62. The van der Waals surface area contributed by atoms with Gasteiger partial charge in [-0.25, -0.2) is 9.97 Å². The molecule has 4 nitrogen and oxygen atoms in total. The van der Waals surface area contributed by atoms with Crippen molar-refractivity contribution in [2.45, 2.75) is 6.61 Å². The molecule has 120 valence electrons. The van der Waals surface area contributed by atoms with Crippen LogP contribution in [0.25, 0.3) is 11.8 Å². The molecule has 0 spiro atoms. The molecule has 24 heavy (non-hydrogen) atoms. The Morgan fingerprint density at radius 2 is 1.92 bits per heavy atom. The molecule has 3 rings (SSSR count). The molecule has 0 fully saturated rings. The number of ether oxygens (including phenoxy) is 1. The predicted octanol–water partition coefficient (Wildman–Crippen LogP) is 4.77. The van der Waals surface area contributed by atoms with Crippen molar-refractivity contribution in [3.63, 3.8) is 0 Å². The number of hydrogen-bond acceptors (Lipinski definition) is 4. The third kappa shape index (κ3) is 4.33. The normalized spacial score (nSPS) is 11.3. The Labute approximate surface area is 145 Å². The van der Waals surface area contributed by atoms with Crippen molar-refractivity contribution in [2.75, 3.05) is 0 Å². The SMILES string of the molecule is OC(=Cc1ccnc(Cl)n1)c1cccc(OCc2ccccc2)c1. The average Bonchev–Trinajstić information content (AvgIpc) is 2.61. The van der Waals surface area contributed by atoms with Crippen LogP contribution in [0.2, 0.25) is 5.28 Å². The highest BCUT2D eigenvalue weighted by atomic mass is 35.5. The molecule has 0 saturated carbocycles. The third-order valence-corrected chi connectivity index (χ3v) is 3.49. The first-order chi connectivity index (χ1) is 11.7. The van der Waals surface area contributed by atoms with Crippen LogP contribution >= 0.6 is 11.6 Å². The summed E-state index contributed by atoms with van der Waals surface area (Å²) in [4.78, 5) is 7.83. The highest BCUT2D eigenvalue weighted by molar-refractivity contribution is 6.28. The van der Waals surface area contributed by atoms with Crippen LogP contribution in [0.4, 0.5) is 0 Å². The summed E-state index contributed by atoms with van der Waals surface area (Å²) in [6, 6.07) is 18.8. The molecular weight excluding hydrogens is 324 g/mol. The van der Waals surface area contributed by atoms with Crippen LogP contribution < -0.4 is 4.74 Å². The van der Waals surface area contributed by atoms with Gasteiger partial charge >= 0.3 is 0 Å². The molecule has 1 N–H and O–H groups in total. The first kappa shape index (κ1) is 16.0. The van der Waals surface area contributed by atoms with Crippen LogP contribution in [-0.4, -0.2) is 15.1 Å². The predicted molar refractivity (Wildman–Crippen MR) is 94.8 cm³/mol. The first-order valence-corrected chi connectivity index (χ1v) is 7.75. The summed E-state index contributed by atoms with van der Waals surface area (Å²) in [6.45, 7) is 0.469. The van der Waals surface area contributed by atoms with E-state index in [9.17, 15) is 5.11 Å². The molecule has 0 radical (unpaired) electrons. The Bertz CT molecular complexity index is 851. The Balaban J connectivity index is 1.74. The lowest BCUT2D eigenvalue weighted by atomic mass is 10.1. The Morgan fingerprint density at radius 3 is 2.71 bits per heavy atom. The van der Waals surface area contributed by atoms with Gasteiger partial charge in [0, 0.05) is 17.8 Å². The maximum absolute atomic E-state index is 10.3. The van der Waals surface area contributed by atoms with E-state index in [0.29, 0.717) is 23.6 Å². The van der Waals surface area contributed by atoms with Crippen molar-refractivity contribution >= 4 is 23.4 Å². The van der Waals surface area contributed by atoms with E-state index >= 15 is 0 Å². The Kier molecular flexibility index (Phi) is 5.08. The smallest absolute Gasteiger partial charge is 0.222 e. The van der Waals surface area contributed by atoms with Crippen LogP contribution in [0.1, 0.15) is 16.8 Å². The van der Waals surface area contributed by atoms with Crippen LogP contribution in [0, 0.1) is 0 Å². The number of rotatable bonds is 5. The van der Waals surface area contributed by atoms with Gasteiger partial charge in [0.05, 0.1) is 5.69 Å². The number of benzene rings is 2. The van der Waals surface area contributed by atoms with E-state index in [4.69, 9.17) is 16.3 Å². The Morgan fingerprint density at radius 1 is 1.08 bits per heavy atom. The van der Waals surface area contributed by atoms with Gasteiger partial charge in [-0.05, 0) is 35.4 Å². The lowest BCUT2D eigenvalue weighted by Gasteiger charge is -2.08. The molecule has 0 atom stereocenters. The van der Waals surface area contributed by atoms with Gasteiger partial charge in [-0.1, -0.05) is 42.5 Å². The number of aliphatic hydroxyl groups is 1. The number of nitrogens with zero attached hydrogens (tertiary/aromatic N) is 2. The minimum absolute atomic E-state index is 0.0786. The van der Waals surface area contributed by atoms with Gasteiger partial charge in [-0.2, -0.15) is 0 Å². The summed E-state index contributed by atoms with van der Waals surface area (Å²) in [5, 5.41) is 10.4. The van der Waals surface area contributed by atoms with Gasteiger partial charge in [0.15, 0.2) is 0 Å². The first-order valence-electron chi connectivity index (χ1n) is 7.37. The molecule has 2 aromatic carbocycles. The number of hydrogen-bond donors (Lipinski definition) is 1. The molecule has 0 saturated heterocycles. The molecule has 0 bridgehead atoms. The van der Waals surface area contributed by atoms with Gasteiger partial charge in [0.2, 0.25) is 5.28 Å². The van der Waals surface area contributed by atoms with E-state index in [1.807, 2.05) is 42.5 Å². The molecule has 1 heterocycles.